The number of unbranched alkanes of at least 4 members (excludes halogenated alkanes) is 1. The summed E-state index contributed by atoms with van der Waals surface area (Å²) in [5.41, 5.74) is 1.22. The van der Waals surface area contributed by atoms with Crippen LogP contribution in [0.5, 0.6) is 0 Å². The fourth-order valence-electron chi connectivity index (χ4n) is 3.01. The zero-order valence-corrected chi connectivity index (χ0v) is 16.3. The van der Waals surface area contributed by atoms with Gasteiger partial charge in [-0.05, 0) is 42.5 Å². The predicted octanol–water partition coefficient (Wildman–Crippen LogP) is 2.98. The van der Waals surface area contributed by atoms with E-state index in [1.165, 1.54) is 0 Å². The quantitative estimate of drug-likeness (QED) is 0.699. The molecule has 1 aliphatic heterocycles. The highest BCUT2D eigenvalue weighted by molar-refractivity contribution is 7.89. The smallest absolute Gasteiger partial charge is 0.243 e. The molecule has 1 fully saturated rings. The monoisotopic (exact) mass is 363 g/mol. The number of nitriles is 1. The van der Waals surface area contributed by atoms with E-state index in [0.29, 0.717) is 24.4 Å². The lowest BCUT2D eigenvalue weighted by Crippen LogP contribution is -2.48. The Balaban J connectivity index is 2.01. The number of nitrogens with zero attached hydrogens (tertiary/aromatic N) is 3. The number of piperazine rings is 1. The number of sulfonamides is 1. The minimum Gasteiger partial charge on any atom is -0.301 e. The van der Waals surface area contributed by atoms with Gasteiger partial charge in [0.05, 0.1) is 11.0 Å². The van der Waals surface area contributed by atoms with E-state index < -0.39 is 10.0 Å². The minimum absolute atomic E-state index is 0.0529. The third-order valence-electron chi connectivity index (χ3n) is 5.25. The molecule has 1 aromatic carbocycles. The summed E-state index contributed by atoms with van der Waals surface area (Å²) in [7, 11) is -3.43. The summed E-state index contributed by atoms with van der Waals surface area (Å²) in [4.78, 5) is 2.61. The van der Waals surface area contributed by atoms with Crippen molar-refractivity contribution in [2.24, 2.45) is 0 Å². The van der Waals surface area contributed by atoms with E-state index in [-0.39, 0.29) is 5.41 Å². The standard InChI is InChI=1S/C19H29N3O2S/c1-4-19(2,3)17-7-9-18(10-8-17)25(23,24)22-15-13-21(14-16-22)12-6-5-11-20/h7-10H,4-6,12-16H2,1-3H3. The molecule has 2 rings (SSSR count). The first-order valence-electron chi connectivity index (χ1n) is 9.01. The van der Waals surface area contributed by atoms with Crippen molar-refractivity contribution in [2.45, 2.75) is 50.3 Å². The Kier molecular flexibility index (Phi) is 6.61. The number of hydrogen-bond donors (Lipinski definition) is 0. The van der Waals surface area contributed by atoms with Gasteiger partial charge in [0.25, 0.3) is 0 Å². The van der Waals surface area contributed by atoms with Crippen LogP contribution >= 0.6 is 0 Å². The molecule has 0 radical (unpaired) electrons. The van der Waals surface area contributed by atoms with E-state index in [2.05, 4.69) is 31.7 Å². The Morgan fingerprint density at radius 1 is 1.12 bits per heavy atom. The van der Waals surface area contributed by atoms with Gasteiger partial charge in [-0.25, -0.2) is 8.42 Å². The lowest BCUT2D eigenvalue weighted by atomic mass is 9.82. The molecule has 25 heavy (non-hydrogen) atoms. The summed E-state index contributed by atoms with van der Waals surface area (Å²) < 4.78 is 27.3. The van der Waals surface area contributed by atoms with Gasteiger partial charge in [-0.15, -0.1) is 0 Å². The van der Waals surface area contributed by atoms with Crippen LogP contribution < -0.4 is 0 Å². The van der Waals surface area contributed by atoms with Crippen molar-refractivity contribution in [1.82, 2.24) is 9.21 Å². The Morgan fingerprint density at radius 3 is 2.24 bits per heavy atom. The van der Waals surface area contributed by atoms with Gasteiger partial charge >= 0.3 is 0 Å². The highest BCUT2D eigenvalue weighted by atomic mass is 32.2. The minimum atomic E-state index is -3.43. The second-order valence-electron chi connectivity index (χ2n) is 7.27. The number of benzene rings is 1. The Morgan fingerprint density at radius 2 is 1.72 bits per heavy atom. The average molecular weight is 364 g/mol. The normalized spacial score (nSPS) is 17.4. The average Bonchev–Trinajstić information content (AvgIpc) is 2.62. The molecule has 0 atom stereocenters. The maximum atomic E-state index is 12.8. The van der Waals surface area contributed by atoms with Crippen LogP contribution in [0.1, 0.15) is 45.6 Å². The summed E-state index contributed by atoms with van der Waals surface area (Å²) in [6.45, 7) is 9.82. The summed E-state index contributed by atoms with van der Waals surface area (Å²) in [6.07, 6.45) is 2.41. The van der Waals surface area contributed by atoms with Gasteiger partial charge in [0.1, 0.15) is 0 Å². The second kappa shape index (κ2) is 8.31. The first kappa shape index (κ1) is 19.9. The molecule has 1 aliphatic rings. The lowest BCUT2D eigenvalue weighted by molar-refractivity contribution is 0.187. The van der Waals surface area contributed by atoms with Crippen LogP contribution in [0.4, 0.5) is 0 Å². The Hall–Kier alpha value is -1.42. The Labute approximate surface area is 152 Å². The van der Waals surface area contributed by atoms with Crippen molar-refractivity contribution in [2.75, 3.05) is 32.7 Å². The highest BCUT2D eigenvalue weighted by Crippen LogP contribution is 2.28. The maximum Gasteiger partial charge on any atom is 0.243 e. The predicted molar refractivity (Wildman–Crippen MR) is 99.8 cm³/mol. The van der Waals surface area contributed by atoms with Crippen molar-refractivity contribution in [3.63, 3.8) is 0 Å². The SMILES string of the molecule is CCC(C)(C)c1ccc(S(=O)(=O)N2CCN(CCCC#N)CC2)cc1. The van der Waals surface area contributed by atoms with Crippen molar-refractivity contribution < 1.29 is 8.42 Å². The third-order valence-corrected chi connectivity index (χ3v) is 7.16. The molecule has 6 heteroatoms. The van der Waals surface area contributed by atoms with E-state index in [0.717, 1.165) is 38.0 Å². The molecule has 1 saturated heterocycles. The highest BCUT2D eigenvalue weighted by Gasteiger charge is 2.28. The molecular formula is C19H29N3O2S. The van der Waals surface area contributed by atoms with E-state index in [4.69, 9.17) is 5.26 Å². The van der Waals surface area contributed by atoms with Crippen molar-refractivity contribution in [1.29, 1.82) is 5.26 Å². The largest absolute Gasteiger partial charge is 0.301 e. The molecule has 0 aromatic heterocycles. The van der Waals surface area contributed by atoms with E-state index in [9.17, 15) is 8.42 Å². The molecule has 1 aromatic rings. The van der Waals surface area contributed by atoms with Gasteiger partial charge in [0.2, 0.25) is 10.0 Å². The fourth-order valence-corrected chi connectivity index (χ4v) is 4.43. The van der Waals surface area contributed by atoms with Crippen molar-refractivity contribution >= 4 is 10.0 Å². The molecule has 1 heterocycles. The van der Waals surface area contributed by atoms with Crippen LogP contribution in [0.25, 0.3) is 0 Å². The first-order chi connectivity index (χ1) is 11.8. The maximum absolute atomic E-state index is 12.8. The number of rotatable bonds is 7. The molecule has 0 amide bonds. The molecule has 0 unspecified atom stereocenters. The van der Waals surface area contributed by atoms with Crippen LogP contribution in [-0.4, -0.2) is 50.3 Å². The number of hydrogen-bond acceptors (Lipinski definition) is 4. The summed E-state index contributed by atoms with van der Waals surface area (Å²) in [5, 5.41) is 8.60. The lowest BCUT2D eigenvalue weighted by Gasteiger charge is -2.34. The van der Waals surface area contributed by atoms with E-state index in [1.807, 2.05) is 12.1 Å². The van der Waals surface area contributed by atoms with Crippen molar-refractivity contribution in [3.8, 4) is 6.07 Å². The van der Waals surface area contributed by atoms with Gasteiger partial charge < -0.3 is 4.90 Å². The summed E-state index contributed by atoms with van der Waals surface area (Å²) in [5.74, 6) is 0. The molecule has 0 N–H and O–H groups in total. The summed E-state index contributed by atoms with van der Waals surface area (Å²) >= 11 is 0. The van der Waals surface area contributed by atoms with Crippen LogP contribution in [0.2, 0.25) is 0 Å². The topological polar surface area (TPSA) is 64.4 Å². The van der Waals surface area contributed by atoms with Crippen LogP contribution in [0.15, 0.2) is 29.2 Å². The first-order valence-corrected chi connectivity index (χ1v) is 10.5. The summed E-state index contributed by atoms with van der Waals surface area (Å²) in [6, 6.07) is 9.50. The van der Waals surface area contributed by atoms with Gasteiger partial charge in [-0.2, -0.15) is 9.57 Å². The molecule has 0 bridgehead atoms. The third kappa shape index (κ3) is 4.81. The Bertz CT molecular complexity index is 697. The molecule has 0 aliphatic carbocycles. The van der Waals surface area contributed by atoms with Crippen LogP contribution in [0.3, 0.4) is 0 Å². The van der Waals surface area contributed by atoms with E-state index >= 15 is 0 Å². The van der Waals surface area contributed by atoms with Crippen molar-refractivity contribution in [3.05, 3.63) is 29.8 Å². The van der Waals surface area contributed by atoms with Gasteiger partial charge in [-0.1, -0.05) is 32.9 Å². The van der Waals surface area contributed by atoms with Crippen LogP contribution in [-0.2, 0) is 15.4 Å². The van der Waals surface area contributed by atoms with Gasteiger partial charge in [0.15, 0.2) is 0 Å². The molecule has 0 spiro atoms. The van der Waals surface area contributed by atoms with E-state index in [1.54, 1.807) is 16.4 Å². The molecular weight excluding hydrogens is 334 g/mol. The van der Waals surface area contributed by atoms with Gasteiger partial charge in [0, 0.05) is 32.6 Å². The zero-order chi connectivity index (χ0) is 18.5. The second-order valence-corrected chi connectivity index (χ2v) is 9.21. The molecule has 0 saturated carbocycles. The zero-order valence-electron chi connectivity index (χ0n) is 15.5. The van der Waals surface area contributed by atoms with Gasteiger partial charge in [-0.3, -0.25) is 0 Å². The molecule has 138 valence electrons. The van der Waals surface area contributed by atoms with Crippen LogP contribution in [0, 0.1) is 11.3 Å². The molecule has 5 nitrogen and oxygen atoms in total. The fraction of sp³-hybridized carbons (Fsp3) is 0.632.